The minimum atomic E-state index is -0.366. The number of amides is 2. The number of carbonyl (C=O) groups excluding carboxylic acids is 2. The van der Waals surface area contributed by atoms with Gasteiger partial charge in [0.15, 0.2) is 0 Å². The fourth-order valence-electron chi connectivity index (χ4n) is 2.87. The van der Waals surface area contributed by atoms with Crippen LogP contribution in [-0.2, 0) is 9.59 Å². The van der Waals surface area contributed by atoms with E-state index in [-0.39, 0.29) is 30.0 Å². The highest BCUT2D eigenvalue weighted by atomic mass is 16.3. The molecule has 0 aromatic heterocycles. The Morgan fingerprint density at radius 1 is 1.12 bits per heavy atom. The van der Waals surface area contributed by atoms with Gasteiger partial charge >= 0.3 is 0 Å². The highest BCUT2D eigenvalue weighted by molar-refractivity contribution is 5.93. The zero-order valence-electron chi connectivity index (χ0n) is 13.3. The standard InChI is InChI=1S/C19H18N2O3/c1-13(22)21-11-10-14-6-2-3-7-15(14)17(21)12-19(24)20-16-8-4-5-9-18(16)23/h2-11,17,23H,12H2,1H3,(H,20,24)/t17-/m1/s1. The monoisotopic (exact) mass is 322 g/mol. The Balaban J connectivity index is 1.83. The maximum Gasteiger partial charge on any atom is 0.226 e. The molecule has 2 N–H and O–H groups in total. The largest absolute Gasteiger partial charge is 0.506 e. The number of anilines is 1. The number of hydrogen-bond acceptors (Lipinski definition) is 3. The van der Waals surface area contributed by atoms with Crippen molar-refractivity contribution in [2.75, 3.05) is 5.32 Å². The first-order chi connectivity index (χ1) is 11.6. The summed E-state index contributed by atoms with van der Waals surface area (Å²) in [4.78, 5) is 25.9. The molecule has 1 aliphatic heterocycles. The summed E-state index contributed by atoms with van der Waals surface area (Å²) in [5.41, 5.74) is 2.29. The summed E-state index contributed by atoms with van der Waals surface area (Å²) in [6.45, 7) is 1.48. The fourth-order valence-corrected chi connectivity index (χ4v) is 2.87. The molecule has 3 rings (SSSR count). The first kappa shape index (κ1) is 15.8. The first-order valence-corrected chi connectivity index (χ1v) is 7.70. The van der Waals surface area contributed by atoms with Gasteiger partial charge in [-0.15, -0.1) is 0 Å². The molecule has 2 aromatic carbocycles. The summed E-state index contributed by atoms with van der Waals surface area (Å²) in [7, 11) is 0. The first-order valence-electron chi connectivity index (χ1n) is 7.70. The van der Waals surface area contributed by atoms with Crippen LogP contribution in [0.4, 0.5) is 5.69 Å². The quantitative estimate of drug-likeness (QED) is 0.852. The molecule has 0 saturated heterocycles. The second kappa shape index (κ2) is 6.58. The maximum atomic E-state index is 12.4. The molecule has 0 spiro atoms. The molecule has 2 aromatic rings. The van der Waals surface area contributed by atoms with Gasteiger partial charge in [0, 0.05) is 13.1 Å². The Bertz CT molecular complexity index is 814. The Labute approximate surface area is 140 Å². The van der Waals surface area contributed by atoms with Gasteiger partial charge in [-0.25, -0.2) is 0 Å². The molecule has 122 valence electrons. The van der Waals surface area contributed by atoms with Gasteiger partial charge in [0.1, 0.15) is 5.75 Å². The zero-order valence-corrected chi connectivity index (χ0v) is 13.3. The third kappa shape index (κ3) is 3.15. The Hall–Kier alpha value is -3.08. The number of nitrogens with one attached hydrogen (secondary N) is 1. The number of hydrogen-bond donors (Lipinski definition) is 2. The number of aromatic hydroxyl groups is 1. The molecular weight excluding hydrogens is 304 g/mol. The number of para-hydroxylation sites is 2. The van der Waals surface area contributed by atoms with Gasteiger partial charge in [0.25, 0.3) is 0 Å². The van der Waals surface area contributed by atoms with Gasteiger partial charge in [0.2, 0.25) is 11.8 Å². The van der Waals surface area contributed by atoms with Crippen LogP contribution < -0.4 is 5.32 Å². The average molecular weight is 322 g/mol. The number of phenolic OH excluding ortho intramolecular Hbond substituents is 1. The van der Waals surface area contributed by atoms with Crippen molar-refractivity contribution >= 4 is 23.6 Å². The van der Waals surface area contributed by atoms with Gasteiger partial charge in [-0.3, -0.25) is 9.59 Å². The van der Waals surface area contributed by atoms with Crippen molar-refractivity contribution in [3.63, 3.8) is 0 Å². The summed E-state index contributed by atoms with van der Waals surface area (Å²) in [6, 6.07) is 13.9. The molecule has 0 unspecified atom stereocenters. The zero-order chi connectivity index (χ0) is 17.1. The summed E-state index contributed by atoms with van der Waals surface area (Å²) >= 11 is 0. The van der Waals surface area contributed by atoms with E-state index in [1.165, 1.54) is 13.0 Å². The molecular formula is C19H18N2O3. The van der Waals surface area contributed by atoms with E-state index in [2.05, 4.69) is 5.32 Å². The Kier molecular flexibility index (Phi) is 4.33. The van der Waals surface area contributed by atoms with Gasteiger partial charge in [-0.05, 0) is 29.3 Å². The van der Waals surface area contributed by atoms with Crippen LogP contribution in [0.25, 0.3) is 6.08 Å². The van der Waals surface area contributed by atoms with E-state index in [1.807, 2.05) is 30.3 Å². The second-order valence-electron chi connectivity index (χ2n) is 5.66. The smallest absolute Gasteiger partial charge is 0.226 e. The SMILES string of the molecule is CC(=O)N1C=Cc2ccccc2[C@H]1CC(=O)Nc1ccccc1O. The summed E-state index contributed by atoms with van der Waals surface area (Å²) in [5.74, 6) is -0.378. The highest BCUT2D eigenvalue weighted by Gasteiger charge is 2.28. The van der Waals surface area contributed by atoms with E-state index in [9.17, 15) is 14.7 Å². The van der Waals surface area contributed by atoms with Crippen molar-refractivity contribution in [2.45, 2.75) is 19.4 Å². The minimum Gasteiger partial charge on any atom is -0.506 e. The molecule has 24 heavy (non-hydrogen) atoms. The predicted molar refractivity (Wildman–Crippen MR) is 92.1 cm³/mol. The van der Waals surface area contributed by atoms with Crippen molar-refractivity contribution in [1.82, 2.24) is 4.90 Å². The van der Waals surface area contributed by atoms with Crippen LogP contribution in [0.2, 0.25) is 0 Å². The van der Waals surface area contributed by atoms with Crippen molar-refractivity contribution < 1.29 is 14.7 Å². The molecule has 1 heterocycles. The number of rotatable bonds is 3. The number of carbonyl (C=O) groups is 2. The van der Waals surface area contributed by atoms with Crippen LogP contribution in [0.1, 0.15) is 30.5 Å². The third-order valence-electron chi connectivity index (χ3n) is 4.03. The van der Waals surface area contributed by atoms with Gasteiger partial charge < -0.3 is 15.3 Å². The maximum absolute atomic E-state index is 12.4. The van der Waals surface area contributed by atoms with Crippen LogP contribution in [0, 0.1) is 0 Å². The van der Waals surface area contributed by atoms with E-state index in [0.29, 0.717) is 5.69 Å². The van der Waals surface area contributed by atoms with E-state index >= 15 is 0 Å². The van der Waals surface area contributed by atoms with Crippen LogP contribution in [0.3, 0.4) is 0 Å². The number of nitrogens with zero attached hydrogens (tertiary/aromatic N) is 1. The summed E-state index contributed by atoms with van der Waals surface area (Å²) in [5, 5.41) is 12.5. The average Bonchev–Trinajstić information content (AvgIpc) is 2.57. The Morgan fingerprint density at radius 3 is 2.58 bits per heavy atom. The van der Waals surface area contributed by atoms with Crippen LogP contribution >= 0.6 is 0 Å². The molecule has 1 aliphatic rings. The molecule has 0 fully saturated rings. The molecule has 0 saturated carbocycles. The summed E-state index contributed by atoms with van der Waals surface area (Å²) < 4.78 is 0. The minimum absolute atomic E-state index is 0.0122. The molecule has 0 radical (unpaired) electrons. The molecule has 0 bridgehead atoms. The van der Waals surface area contributed by atoms with Crippen molar-refractivity contribution in [3.8, 4) is 5.75 Å². The van der Waals surface area contributed by atoms with Gasteiger partial charge in [-0.2, -0.15) is 0 Å². The topological polar surface area (TPSA) is 69.6 Å². The van der Waals surface area contributed by atoms with E-state index in [1.54, 1.807) is 29.3 Å². The van der Waals surface area contributed by atoms with Crippen LogP contribution in [0.15, 0.2) is 54.7 Å². The second-order valence-corrected chi connectivity index (χ2v) is 5.66. The lowest BCUT2D eigenvalue weighted by Crippen LogP contribution is -2.33. The van der Waals surface area contributed by atoms with E-state index in [0.717, 1.165) is 11.1 Å². The van der Waals surface area contributed by atoms with Crippen LogP contribution in [0.5, 0.6) is 5.75 Å². The van der Waals surface area contributed by atoms with Gasteiger partial charge in [-0.1, -0.05) is 36.4 Å². The van der Waals surface area contributed by atoms with Crippen molar-refractivity contribution in [3.05, 3.63) is 65.9 Å². The molecule has 2 amide bonds. The fraction of sp³-hybridized carbons (Fsp3) is 0.158. The number of benzene rings is 2. The van der Waals surface area contributed by atoms with Crippen LogP contribution in [-0.4, -0.2) is 21.8 Å². The molecule has 5 nitrogen and oxygen atoms in total. The lowest BCUT2D eigenvalue weighted by molar-refractivity contribution is -0.129. The third-order valence-corrected chi connectivity index (χ3v) is 4.03. The number of phenols is 1. The molecule has 0 aliphatic carbocycles. The number of fused-ring (bicyclic) bond motifs is 1. The van der Waals surface area contributed by atoms with Gasteiger partial charge in [0.05, 0.1) is 18.2 Å². The molecule has 1 atom stereocenters. The van der Waals surface area contributed by atoms with Crippen molar-refractivity contribution in [2.24, 2.45) is 0 Å². The normalized spacial score (nSPS) is 15.7. The predicted octanol–water partition coefficient (Wildman–Crippen LogP) is 3.29. The Morgan fingerprint density at radius 2 is 1.83 bits per heavy atom. The highest BCUT2D eigenvalue weighted by Crippen LogP contribution is 2.33. The summed E-state index contributed by atoms with van der Waals surface area (Å²) in [6.07, 6.45) is 3.69. The van der Waals surface area contributed by atoms with Crippen molar-refractivity contribution in [1.29, 1.82) is 0 Å². The van der Waals surface area contributed by atoms with E-state index < -0.39 is 0 Å². The lowest BCUT2D eigenvalue weighted by atomic mass is 9.93. The molecule has 5 heteroatoms. The lowest BCUT2D eigenvalue weighted by Gasteiger charge is -2.32. The van der Waals surface area contributed by atoms with E-state index in [4.69, 9.17) is 0 Å².